The number of hydrogen-bond acceptors (Lipinski definition) is 3. The van der Waals surface area contributed by atoms with Crippen LogP contribution in [0, 0.1) is 0 Å². The minimum absolute atomic E-state index is 0.0633. The van der Waals surface area contributed by atoms with Crippen LogP contribution in [0.4, 0.5) is 0 Å². The Bertz CT molecular complexity index is 62.7. The first kappa shape index (κ1) is 7.59. The minimum atomic E-state index is -0.905. The molecule has 0 amide bonds. The number of aliphatic hydroxyl groups excluding tert-OH is 1. The molecule has 0 bridgehead atoms. The normalized spacial score (nSPS) is 13.2. The second kappa shape index (κ2) is 4.74. The van der Waals surface area contributed by atoms with Crippen LogP contribution in [0.25, 0.3) is 0 Å². The molecule has 0 fully saturated rings. The smallest absolute Gasteiger partial charge is 0.161 e. The van der Waals surface area contributed by atoms with Gasteiger partial charge in [0, 0.05) is 6.61 Å². The van der Waals surface area contributed by atoms with Crippen molar-refractivity contribution in [2.75, 3.05) is 6.61 Å². The molecule has 0 aromatic carbocycles. The van der Waals surface area contributed by atoms with Crippen molar-refractivity contribution >= 4 is 6.29 Å². The Hall–Kier alpha value is -0.410. The summed E-state index contributed by atoms with van der Waals surface area (Å²) >= 11 is 0. The number of carbonyl (C=O) groups is 1. The molecule has 0 saturated heterocycles. The number of ether oxygens (including phenoxy) is 1. The van der Waals surface area contributed by atoms with Crippen molar-refractivity contribution in [1.82, 2.24) is 0 Å². The molecule has 0 heterocycles. The molecule has 0 rings (SSSR count). The fourth-order valence-electron chi connectivity index (χ4n) is 0.343. The molecule has 0 aromatic rings. The molecule has 0 saturated carbocycles. The van der Waals surface area contributed by atoms with Crippen LogP contribution in [0.3, 0.4) is 0 Å². The quantitative estimate of drug-likeness (QED) is 0.415. The van der Waals surface area contributed by atoms with Gasteiger partial charge in [-0.15, -0.1) is 0 Å². The molecule has 0 aliphatic carbocycles. The Labute approximate surface area is 48.3 Å². The first-order valence-electron chi connectivity index (χ1n) is 2.54. The lowest BCUT2D eigenvalue weighted by Gasteiger charge is -2.03. The van der Waals surface area contributed by atoms with Gasteiger partial charge in [0.25, 0.3) is 0 Å². The molecule has 0 aliphatic heterocycles. The zero-order valence-corrected chi connectivity index (χ0v) is 4.83. The monoisotopic (exact) mass is 118 g/mol. The van der Waals surface area contributed by atoms with Gasteiger partial charge in [-0.2, -0.15) is 0 Å². The average molecular weight is 118 g/mol. The van der Waals surface area contributed by atoms with Gasteiger partial charge in [-0.3, -0.25) is 0 Å². The van der Waals surface area contributed by atoms with Crippen molar-refractivity contribution in [2.45, 2.75) is 19.6 Å². The van der Waals surface area contributed by atoms with Gasteiger partial charge in [0.1, 0.15) is 6.29 Å². The van der Waals surface area contributed by atoms with Crippen LogP contribution < -0.4 is 0 Å². The SMILES string of the molecule is CCOC(O)CC=O. The molecule has 0 spiro atoms. The largest absolute Gasteiger partial charge is 0.368 e. The van der Waals surface area contributed by atoms with Crippen LogP contribution in [0.15, 0.2) is 0 Å². The van der Waals surface area contributed by atoms with Crippen LogP contribution in [0.2, 0.25) is 0 Å². The minimum Gasteiger partial charge on any atom is -0.368 e. The number of aliphatic hydroxyl groups is 1. The van der Waals surface area contributed by atoms with E-state index >= 15 is 0 Å². The molecule has 3 nitrogen and oxygen atoms in total. The molecule has 1 N–H and O–H groups in total. The van der Waals surface area contributed by atoms with E-state index in [2.05, 4.69) is 4.74 Å². The molecule has 1 atom stereocenters. The lowest BCUT2D eigenvalue weighted by atomic mass is 10.5. The van der Waals surface area contributed by atoms with Crippen molar-refractivity contribution in [3.8, 4) is 0 Å². The highest BCUT2D eigenvalue weighted by molar-refractivity contribution is 5.49. The molecule has 48 valence electrons. The third kappa shape index (κ3) is 3.77. The van der Waals surface area contributed by atoms with E-state index in [1.54, 1.807) is 6.92 Å². The average Bonchev–Trinajstić information content (AvgIpc) is 1.68. The van der Waals surface area contributed by atoms with E-state index in [1.807, 2.05) is 0 Å². The summed E-state index contributed by atoms with van der Waals surface area (Å²) < 4.78 is 4.61. The van der Waals surface area contributed by atoms with Crippen molar-refractivity contribution in [3.63, 3.8) is 0 Å². The van der Waals surface area contributed by atoms with Gasteiger partial charge < -0.3 is 14.6 Å². The highest BCUT2D eigenvalue weighted by Crippen LogP contribution is 1.88. The van der Waals surface area contributed by atoms with Crippen molar-refractivity contribution in [1.29, 1.82) is 0 Å². The summed E-state index contributed by atoms with van der Waals surface area (Å²) in [5.74, 6) is 0. The lowest BCUT2D eigenvalue weighted by Crippen LogP contribution is -2.11. The Morgan fingerprint density at radius 3 is 2.88 bits per heavy atom. The maximum absolute atomic E-state index is 9.65. The number of aldehydes is 1. The number of carbonyl (C=O) groups excluding carboxylic acids is 1. The maximum Gasteiger partial charge on any atom is 0.161 e. The van der Waals surface area contributed by atoms with Gasteiger partial charge >= 0.3 is 0 Å². The van der Waals surface area contributed by atoms with Crippen LogP contribution in [-0.4, -0.2) is 24.3 Å². The fourth-order valence-corrected chi connectivity index (χ4v) is 0.343. The Morgan fingerprint density at radius 2 is 2.50 bits per heavy atom. The summed E-state index contributed by atoms with van der Waals surface area (Å²) in [6, 6.07) is 0. The topological polar surface area (TPSA) is 46.5 Å². The second-order valence-corrected chi connectivity index (χ2v) is 1.31. The molecule has 0 aliphatic rings. The van der Waals surface area contributed by atoms with E-state index in [0.717, 1.165) is 0 Å². The second-order valence-electron chi connectivity index (χ2n) is 1.31. The molecule has 8 heavy (non-hydrogen) atoms. The standard InChI is InChI=1S/C5H10O3/c1-2-8-5(7)3-4-6/h4-5,7H,2-3H2,1H3. The van der Waals surface area contributed by atoms with Crippen molar-refractivity contribution in [3.05, 3.63) is 0 Å². The molecule has 1 unspecified atom stereocenters. The van der Waals surface area contributed by atoms with E-state index < -0.39 is 6.29 Å². The summed E-state index contributed by atoms with van der Waals surface area (Å²) in [5, 5.41) is 8.60. The highest BCUT2D eigenvalue weighted by Gasteiger charge is 1.97. The fraction of sp³-hybridized carbons (Fsp3) is 0.800. The van der Waals surface area contributed by atoms with E-state index in [4.69, 9.17) is 5.11 Å². The van der Waals surface area contributed by atoms with Gasteiger partial charge in [-0.25, -0.2) is 0 Å². The van der Waals surface area contributed by atoms with Crippen LogP contribution in [-0.2, 0) is 9.53 Å². The summed E-state index contributed by atoms with van der Waals surface area (Å²) in [7, 11) is 0. The summed E-state index contributed by atoms with van der Waals surface area (Å²) in [6.45, 7) is 2.20. The summed E-state index contributed by atoms with van der Waals surface area (Å²) in [5.41, 5.74) is 0. The summed E-state index contributed by atoms with van der Waals surface area (Å²) in [4.78, 5) is 9.65. The lowest BCUT2D eigenvalue weighted by molar-refractivity contribution is -0.124. The first-order chi connectivity index (χ1) is 3.81. The Morgan fingerprint density at radius 1 is 1.88 bits per heavy atom. The van der Waals surface area contributed by atoms with Gasteiger partial charge in [0.15, 0.2) is 6.29 Å². The molecule has 3 heteroatoms. The van der Waals surface area contributed by atoms with Crippen LogP contribution in [0.1, 0.15) is 13.3 Å². The van der Waals surface area contributed by atoms with Gasteiger partial charge in [-0.1, -0.05) is 0 Å². The number of hydrogen-bond donors (Lipinski definition) is 1. The van der Waals surface area contributed by atoms with E-state index in [1.165, 1.54) is 0 Å². The van der Waals surface area contributed by atoms with Gasteiger partial charge in [-0.05, 0) is 6.92 Å². The molecule has 0 radical (unpaired) electrons. The third-order valence-electron chi connectivity index (χ3n) is 0.657. The van der Waals surface area contributed by atoms with E-state index in [9.17, 15) is 4.79 Å². The van der Waals surface area contributed by atoms with Gasteiger partial charge in [0.2, 0.25) is 0 Å². The number of rotatable bonds is 4. The van der Waals surface area contributed by atoms with Gasteiger partial charge in [0.05, 0.1) is 6.42 Å². The van der Waals surface area contributed by atoms with E-state index in [-0.39, 0.29) is 6.42 Å². The Kier molecular flexibility index (Phi) is 4.50. The zero-order chi connectivity index (χ0) is 6.41. The third-order valence-corrected chi connectivity index (χ3v) is 0.657. The predicted molar refractivity (Wildman–Crippen MR) is 28.3 cm³/mol. The molecular weight excluding hydrogens is 108 g/mol. The molecule has 0 aromatic heterocycles. The maximum atomic E-state index is 9.65. The summed E-state index contributed by atoms with van der Waals surface area (Å²) in [6.07, 6.45) is -0.216. The predicted octanol–water partition coefficient (Wildman–Crippen LogP) is -0.0697. The Balaban J connectivity index is 3.03. The van der Waals surface area contributed by atoms with Crippen LogP contribution in [0.5, 0.6) is 0 Å². The van der Waals surface area contributed by atoms with Crippen molar-refractivity contribution < 1.29 is 14.6 Å². The van der Waals surface area contributed by atoms with Crippen molar-refractivity contribution in [2.24, 2.45) is 0 Å². The molecular formula is C5H10O3. The van der Waals surface area contributed by atoms with E-state index in [0.29, 0.717) is 12.9 Å². The zero-order valence-electron chi connectivity index (χ0n) is 4.83. The first-order valence-corrected chi connectivity index (χ1v) is 2.54. The highest BCUT2D eigenvalue weighted by atomic mass is 16.6. The van der Waals surface area contributed by atoms with Crippen LogP contribution >= 0.6 is 0 Å².